The van der Waals surface area contributed by atoms with Crippen molar-refractivity contribution in [1.29, 1.82) is 0 Å². The fraction of sp³-hybridized carbons (Fsp3) is 0.485. The SMILES string of the molecule is C[C@@H]1C[C@@H]1c1c(Cl)cc(O)cc1-c1ncc2c(N3CCC[C@]4(C3)NC(=O)NC4=O)nc(OCC34CCCN3C/C(=C\F)C4)nc2c1F. The fourth-order valence-electron chi connectivity index (χ4n) is 8.12. The first-order valence-electron chi connectivity index (χ1n) is 16.0. The number of fused-ring (bicyclic) bond motifs is 2. The van der Waals surface area contributed by atoms with Crippen molar-refractivity contribution in [3.05, 3.63) is 46.6 Å². The lowest BCUT2D eigenvalue weighted by molar-refractivity contribution is -0.124. The van der Waals surface area contributed by atoms with Crippen LogP contribution >= 0.6 is 11.6 Å². The van der Waals surface area contributed by atoms with Crippen LogP contribution in [0.1, 0.15) is 56.9 Å². The molecule has 1 aromatic carbocycles. The van der Waals surface area contributed by atoms with E-state index in [4.69, 9.17) is 21.3 Å². The molecule has 1 aliphatic carbocycles. The zero-order valence-electron chi connectivity index (χ0n) is 25.8. The van der Waals surface area contributed by atoms with Crippen LogP contribution in [0.3, 0.4) is 0 Å². The normalized spacial score (nSPS) is 29.5. The molecule has 3 N–H and O–H groups in total. The topological polar surface area (TPSA) is 133 Å². The highest BCUT2D eigenvalue weighted by Gasteiger charge is 2.50. The molecule has 11 nitrogen and oxygen atoms in total. The maximum Gasteiger partial charge on any atom is 0.322 e. The first-order chi connectivity index (χ1) is 22.6. The lowest BCUT2D eigenvalue weighted by Crippen LogP contribution is -2.58. The molecule has 8 rings (SSSR count). The van der Waals surface area contributed by atoms with Crippen LogP contribution in [0.4, 0.5) is 19.4 Å². The maximum absolute atomic E-state index is 16.8. The van der Waals surface area contributed by atoms with Crippen LogP contribution in [-0.4, -0.2) is 80.8 Å². The first-order valence-corrected chi connectivity index (χ1v) is 16.4. The monoisotopic (exact) mass is 665 g/mol. The van der Waals surface area contributed by atoms with Gasteiger partial charge in [0.25, 0.3) is 5.91 Å². The number of urea groups is 1. The number of amides is 3. The minimum Gasteiger partial charge on any atom is -0.508 e. The van der Waals surface area contributed by atoms with Gasteiger partial charge in [-0.3, -0.25) is 20.0 Å². The van der Waals surface area contributed by atoms with Gasteiger partial charge in [-0.25, -0.2) is 13.6 Å². The lowest BCUT2D eigenvalue weighted by atomic mass is 9.89. The number of hydrogen-bond donors (Lipinski definition) is 3. The Morgan fingerprint density at radius 1 is 1.21 bits per heavy atom. The lowest BCUT2D eigenvalue weighted by Gasteiger charge is -2.39. The highest BCUT2D eigenvalue weighted by molar-refractivity contribution is 6.32. The second kappa shape index (κ2) is 11.0. The Balaban J connectivity index is 1.24. The van der Waals surface area contributed by atoms with Gasteiger partial charge >= 0.3 is 12.0 Å². The number of aromatic nitrogens is 3. The van der Waals surface area contributed by atoms with E-state index in [0.717, 1.165) is 31.4 Å². The van der Waals surface area contributed by atoms with Crippen LogP contribution < -0.4 is 20.3 Å². The number of rotatable bonds is 6. The van der Waals surface area contributed by atoms with Crippen LogP contribution in [-0.2, 0) is 4.79 Å². The third kappa shape index (κ3) is 4.97. The zero-order valence-corrected chi connectivity index (χ0v) is 26.5. The summed E-state index contributed by atoms with van der Waals surface area (Å²) in [5, 5.41) is 16.2. The molecule has 6 heterocycles. The van der Waals surface area contributed by atoms with Crippen LogP contribution in [0.2, 0.25) is 5.02 Å². The van der Waals surface area contributed by atoms with Crippen molar-refractivity contribution in [2.75, 3.05) is 37.7 Å². The summed E-state index contributed by atoms with van der Waals surface area (Å²) >= 11 is 6.60. The van der Waals surface area contributed by atoms with Crippen molar-refractivity contribution < 1.29 is 28.2 Å². The molecule has 3 amide bonds. The smallest absolute Gasteiger partial charge is 0.322 e. The number of nitrogens with one attached hydrogen (secondary N) is 2. The summed E-state index contributed by atoms with van der Waals surface area (Å²) in [6.45, 7) is 4.22. The third-order valence-electron chi connectivity index (χ3n) is 10.6. The van der Waals surface area contributed by atoms with E-state index in [0.29, 0.717) is 72.0 Å². The van der Waals surface area contributed by atoms with E-state index < -0.39 is 28.8 Å². The number of nitrogens with zero attached hydrogens (tertiary/aromatic N) is 5. The van der Waals surface area contributed by atoms with E-state index in [1.165, 1.54) is 18.3 Å². The number of piperidine rings is 1. The van der Waals surface area contributed by atoms with Crippen LogP contribution in [0.5, 0.6) is 11.8 Å². The number of ether oxygens (including phenoxy) is 1. The number of carbonyl (C=O) groups excluding carboxylic acids is 2. The van der Waals surface area contributed by atoms with Gasteiger partial charge in [-0.15, -0.1) is 0 Å². The highest BCUT2D eigenvalue weighted by Crippen LogP contribution is 2.53. The van der Waals surface area contributed by atoms with Crippen molar-refractivity contribution in [2.45, 2.75) is 62.4 Å². The van der Waals surface area contributed by atoms with E-state index in [-0.39, 0.29) is 42.0 Å². The van der Waals surface area contributed by atoms with E-state index in [1.54, 1.807) is 0 Å². The van der Waals surface area contributed by atoms with E-state index >= 15 is 4.39 Å². The molecular formula is C33H34ClF2N7O4. The number of imide groups is 1. The molecule has 246 valence electrons. The van der Waals surface area contributed by atoms with E-state index in [2.05, 4.69) is 32.4 Å². The van der Waals surface area contributed by atoms with Crippen LogP contribution in [0.25, 0.3) is 22.2 Å². The fourth-order valence-corrected chi connectivity index (χ4v) is 8.47. The van der Waals surface area contributed by atoms with Gasteiger partial charge in [0, 0.05) is 29.9 Å². The molecule has 2 aromatic heterocycles. The number of carbonyl (C=O) groups is 2. The predicted octanol–water partition coefficient (Wildman–Crippen LogP) is 4.96. The zero-order chi connectivity index (χ0) is 32.7. The summed E-state index contributed by atoms with van der Waals surface area (Å²) in [5.74, 6) is -0.478. The average Bonchev–Trinajstić information content (AvgIpc) is 3.33. The molecule has 3 aromatic rings. The maximum atomic E-state index is 16.8. The molecule has 1 saturated carbocycles. The summed E-state index contributed by atoms with van der Waals surface area (Å²) in [7, 11) is 0. The molecule has 1 unspecified atom stereocenters. The minimum atomic E-state index is -1.16. The predicted molar refractivity (Wildman–Crippen MR) is 170 cm³/mol. The van der Waals surface area contributed by atoms with E-state index in [1.807, 2.05) is 4.90 Å². The van der Waals surface area contributed by atoms with Gasteiger partial charge in [-0.2, -0.15) is 9.97 Å². The van der Waals surface area contributed by atoms with Crippen molar-refractivity contribution >= 4 is 40.3 Å². The third-order valence-corrected chi connectivity index (χ3v) is 10.9. The summed E-state index contributed by atoms with van der Waals surface area (Å²) in [5.41, 5.74) is 0.214. The Morgan fingerprint density at radius 3 is 2.77 bits per heavy atom. The number of anilines is 1. The summed E-state index contributed by atoms with van der Waals surface area (Å²) < 4.78 is 36.6. The van der Waals surface area contributed by atoms with Crippen molar-refractivity contribution in [1.82, 2.24) is 30.5 Å². The van der Waals surface area contributed by atoms with Gasteiger partial charge in [0.1, 0.15) is 34.9 Å². The van der Waals surface area contributed by atoms with Crippen molar-refractivity contribution in [2.24, 2.45) is 5.92 Å². The molecule has 5 aliphatic rings. The average molecular weight is 666 g/mol. The molecule has 14 heteroatoms. The second-order valence-electron chi connectivity index (χ2n) is 13.7. The molecule has 4 aliphatic heterocycles. The standard InChI is InChI=1S/C33H34ClF2N7O4/c1-17-8-20(17)24-21(9-19(44)10-23(24)34)26-25(36)27-22(13-37-26)28(42-6-3-5-33(15-42)29(45)40-30(46)41-33)39-31(38-27)47-16-32-4-2-7-43(32)14-18(11-32)12-35/h9-10,12-13,17,20,44H,2-8,11,14-16H2,1H3,(H2,40,41,45,46)/b18-12-/t17-,20+,32?,33-/m1/s1. The molecule has 4 atom stereocenters. The largest absolute Gasteiger partial charge is 0.508 e. The van der Waals surface area contributed by atoms with Crippen LogP contribution in [0, 0.1) is 11.7 Å². The molecule has 0 radical (unpaired) electrons. The summed E-state index contributed by atoms with van der Waals surface area (Å²) in [6.07, 6.45) is 6.34. The number of aromatic hydroxyl groups is 1. The van der Waals surface area contributed by atoms with Crippen LogP contribution in [0.15, 0.2) is 30.2 Å². The van der Waals surface area contributed by atoms with Gasteiger partial charge in [-0.1, -0.05) is 18.5 Å². The van der Waals surface area contributed by atoms with Gasteiger partial charge in [0.2, 0.25) is 0 Å². The molecule has 4 saturated heterocycles. The molecule has 0 bridgehead atoms. The molecule has 1 spiro atoms. The van der Waals surface area contributed by atoms with Gasteiger partial charge in [-0.05, 0) is 80.2 Å². The van der Waals surface area contributed by atoms with Crippen molar-refractivity contribution in [3.8, 4) is 23.0 Å². The molecular weight excluding hydrogens is 632 g/mol. The van der Waals surface area contributed by atoms with Crippen molar-refractivity contribution in [3.63, 3.8) is 0 Å². The number of pyridine rings is 1. The Morgan fingerprint density at radius 2 is 2.02 bits per heavy atom. The number of phenols is 1. The Bertz CT molecular complexity index is 1880. The first kappa shape index (κ1) is 30.2. The van der Waals surface area contributed by atoms with E-state index in [9.17, 15) is 19.1 Å². The number of benzene rings is 1. The number of phenolic OH excluding ortho intramolecular Hbond substituents is 1. The summed E-state index contributed by atoms with van der Waals surface area (Å²) in [6, 6.07) is 2.31. The second-order valence-corrected chi connectivity index (χ2v) is 14.1. The Labute approximate surface area is 274 Å². The number of halogens is 3. The van der Waals surface area contributed by atoms with Gasteiger partial charge in [0.05, 0.1) is 23.8 Å². The van der Waals surface area contributed by atoms with Gasteiger partial charge < -0.3 is 20.1 Å². The Kier molecular flexibility index (Phi) is 7.07. The highest BCUT2D eigenvalue weighted by atomic mass is 35.5. The molecule has 47 heavy (non-hydrogen) atoms. The minimum absolute atomic E-state index is 0.00775. The molecule has 5 fully saturated rings. The quantitative estimate of drug-likeness (QED) is 0.313. The van der Waals surface area contributed by atoms with Gasteiger partial charge in [0.15, 0.2) is 5.82 Å². The number of hydrogen-bond acceptors (Lipinski definition) is 9. The Hall–Kier alpha value is -4.10. The summed E-state index contributed by atoms with van der Waals surface area (Å²) in [4.78, 5) is 42.9.